The molecule has 0 bridgehead atoms. The van der Waals surface area contributed by atoms with Crippen LogP contribution in [0.25, 0.3) is 17.3 Å². The van der Waals surface area contributed by atoms with Gasteiger partial charge in [0.2, 0.25) is 5.92 Å². The fraction of sp³-hybridized carbons (Fsp3) is 0.286. The molecule has 1 aromatic heterocycles. The highest BCUT2D eigenvalue weighted by molar-refractivity contribution is 8.18. The highest BCUT2D eigenvalue weighted by Gasteiger charge is 2.40. The summed E-state index contributed by atoms with van der Waals surface area (Å²) in [6.07, 6.45) is 5.10. The Morgan fingerprint density at radius 1 is 1.14 bits per heavy atom. The zero-order valence-electron chi connectivity index (χ0n) is 15.5. The Kier molecular flexibility index (Phi) is 5.36. The van der Waals surface area contributed by atoms with E-state index in [2.05, 4.69) is 10.2 Å². The number of benzene rings is 1. The number of amides is 2. The number of imide groups is 1. The predicted molar refractivity (Wildman–Crippen MR) is 108 cm³/mol. The zero-order chi connectivity index (χ0) is 20.4. The SMILES string of the molecule is O=C1SC(=C2CCC(F)(F)CC2)C(=O)N1C/C=C/c1ccc(-c2ccn[nH]2)cc1. The average molecular weight is 415 g/mol. The van der Waals surface area contributed by atoms with Gasteiger partial charge in [-0.2, -0.15) is 5.10 Å². The lowest BCUT2D eigenvalue weighted by Gasteiger charge is -2.24. The molecule has 150 valence electrons. The van der Waals surface area contributed by atoms with E-state index >= 15 is 0 Å². The molecule has 1 aliphatic carbocycles. The minimum absolute atomic E-state index is 0.153. The van der Waals surface area contributed by atoms with Crippen molar-refractivity contribution < 1.29 is 18.4 Å². The number of alkyl halides is 2. The molecule has 0 unspecified atom stereocenters. The predicted octanol–water partition coefficient (Wildman–Crippen LogP) is 5.25. The summed E-state index contributed by atoms with van der Waals surface area (Å²) in [4.78, 5) is 26.3. The molecule has 0 spiro atoms. The molecule has 1 saturated carbocycles. The van der Waals surface area contributed by atoms with E-state index in [1.807, 2.05) is 36.4 Å². The van der Waals surface area contributed by atoms with Crippen molar-refractivity contribution >= 4 is 29.0 Å². The lowest BCUT2D eigenvalue weighted by atomic mass is 9.91. The summed E-state index contributed by atoms with van der Waals surface area (Å²) in [5, 5.41) is 6.47. The van der Waals surface area contributed by atoms with E-state index in [1.54, 1.807) is 12.3 Å². The molecule has 2 amide bonds. The van der Waals surface area contributed by atoms with Crippen molar-refractivity contribution in [3.8, 4) is 11.3 Å². The molecule has 4 rings (SSSR count). The van der Waals surface area contributed by atoms with Crippen molar-refractivity contribution in [3.05, 3.63) is 58.6 Å². The van der Waals surface area contributed by atoms with Gasteiger partial charge in [0.1, 0.15) is 0 Å². The molecule has 2 aliphatic rings. The van der Waals surface area contributed by atoms with E-state index in [0.29, 0.717) is 10.5 Å². The number of nitrogens with one attached hydrogen (secondary N) is 1. The summed E-state index contributed by atoms with van der Waals surface area (Å²) >= 11 is 0.864. The first-order valence-electron chi connectivity index (χ1n) is 9.33. The van der Waals surface area contributed by atoms with Crippen LogP contribution >= 0.6 is 11.8 Å². The maximum atomic E-state index is 13.3. The second-order valence-corrected chi connectivity index (χ2v) is 8.03. The first-order chi connectivity index (χ1) is 13.9. The molecule has 29 heavy (non-hydrogen) atoms. The van der Waals surface area contributed by atoms with Crippen LogP contribution in [0.1, 0.15) is 31.2 Å². The molecule has 8 heteroatoms. The fourth-order valence-electron chi connectivity index (χ4n) is 3.40. The highest BCUT2D eigenvalue weighted by atomic mass is 32.2. The van der Waals surface area contributed by atoms with Crippen LogP contribution in [0.3, 0.4) is 0 Å². The molecule has 1 aromatic carbocycles. The molecule has 0 atom stereocenters. The number of hydrogen-bond acceptors (Lipinski definition) is 4. The van der Waals surface area contributed by atoms with Gasteiger partial charge in [0.15, 0.2) is 0 Å². The van der Waals surface area contributed by atoms with Gasteiger partial charge in [-0.15, -0.1) is 0 Å². The first-order valence-corrected chi connectivity index (χ1v) is 10.1. The molecular formula is C21H19F2N3O2S. The van der Waals surface area contributed by atoms with Crippen LogP contribution < -0.4 is 0 Å². The number of aromatic nitrogens is 2. The topological polar surface area (TPSA) is 66.1 Å². The summed E-state index contributed by atoms with van der Waals surface area (Å²) in [5.74, 6) is -3.05. The van der Waals surface area contributed by atoms with E-state index in [1.165, 1.54) is 0 Å². The Morgan fingerprint density at radius 3 is 2.52 bits per heavy atom. The van der Waals surface area contributed by atoms with Crippen molar-refractivity contribution in [2.24, 2.45) is 0 Å². The number of rotatable bonds is 4. The molecule has 1 saturated heterocycles. The van der Waals surface area contributed by atoms with Gasteiger partial charge >= 0.3 is 0 Å². The lowest BCUT2D eigenvalue weighted by molar-refractivity contribution is -0.122. The van der Waals surface area contributed by atoms with Crippen molar-refractivity contribution in [1.29, 1.82) is 0 Å². The third-order valence-electron chi connectivity index (χ3n) is 5.08. The van der Waals surface area contributed by atoms with Crippen LogP contribution in [0.5, 0.6) is 0 Å². The number of thioether (sulfide) groups is 1. The fourth-order valence-corrected chi connectivity index (χ4v) is 4.39. The van der Waals surface area contributed by atoms with Crippen LogP contribution in [-0.2, 0) is 4.79 Å². The van der Waals surface area contributed by atoms with E-state index in [0.717, 1.165) is 33.5 Å². The molecule has 1 N–H and O–H groups in total. The van der Waals surface area contributed by atoms with E-state index < -0.39 is 5.92 Å². The van der Waals surface area contributed by atoms with Gasteiger partial charge < -0.3 is 0 Å². The number of carbonyl (C=O) groups excluding carboxylic acids is 2. The summed E-state index contributed by atoms with van der Waals surface area (Å²) in [6, 6.07) is 9.66. The molecule has 1 aliphatic heterocycles. The van der Waals surface area contributed by atoms with Gasteiger partial charge in [0, 0.05) is 25.6 Å². The Balaban J connectivity index is 1.39. The summed E-state index contributed by atoms with van der Waals surface area (Å²) in [5.41, 5.74) is 3.55. The first kappa shape index (κ1) is 19.6. The van der Waals surface area contributed by atoms with Crippen LogP contribution in [0.15, 0.2) is 53.1 Å². The largest absolute Gasteiger partial charge is 0.293 e. The number of H-pyrrole nitrogens is 1. The zero-order valence-corrected chi connectivity index (χ0v) is 16.3. The van der Waals surface area contributed by atoms with Crippen LogP contribution in [0.4, 0.5) is 13.6 Å². The quantitative estimate of drug-likeness (QED) is 0.693. The lowest BCUT2D eigenvalue weighted by Crippen LogP contribution is -2.29. The number of nitrogens with zero attached hydrogens (tertiary/aromatic N) is 2. The second-order valence-electron chi connectivity index (χ2n) is 7.07. The number of allylic oxidation sites excluding steroid dienone is 1. The number of hydrogen-bond donors (Lipinski definition) is 1. The number of aromatic amines is 1. The van der Waals surface area contributed by atoms with Crippen molar-refractivity contribution in [2.45, 2.75) is 31.6 Å². The Bertz CT molecular complexity index is 970. The Labute approximate surface area is 170 Å². The van der Waals surface area contributed by atoms with E-state index in [4.69, 9.17) is 0 Å². The smallest absolute Gasteiger partial charge is 0.278 e. The second kappa shape index (κ2) is 7.94. The van der Waals surface area contributed by atoms with Gasteiger partial charge in [-0.1, -0.05) is 42.0 Å². The normalized spacial score (nSPS) is 19.6. The molecule has 2 heterocycles. The standard InChI is InChI=1S/C21H19F2N3O2S/c22-21(23)10-7-16(8-11-21)18-19(27)26(20(28)29-18)13-1-2-14-3-5-15(6-4-14)17-9-12-24-25-17/h1-6,9,12H,7-8,10-11,13H2,(H,24,25)/b2-1+. The Hall–Kier alpha value is -2.74. The molecule has 2 aromatic rings. The molecule has 5 nitrogen and oxygen atoms in total. The van der Waals surface area contributed by atoms with Gasteiger partial charge in [0.25, 0.3) is 11.1 Å². The van der Waals surface area contributed by atoms with Crippen LogP contribution in [0.2, 0.25) is 0 Å². The van der Waals surface area contributed by atoms with Crippen molar-refractivity contribution in [1.82, 2.24) is 15.1 Å². The van der Waals surface area contributed by atoms with E-state index in [9.17, 15) is 18.4 Å². The molecule has 0 radical (unpaired) electrons. The van der Waals surface area contributed by atoms with Crippen LogP contribution in [-0.4, -0.2) is 38.7 Å². The average Bonchev–Trinajstić information content (AvgIpc) is 3.33. The maximum Gasteiger partial charge on any atom is 0.293 e. The highest BCUT2D eigenvalue weighted by Crippen LogP contribution is 2.42. The van der Waals surface area contributed by atoms with Crippen LogP contribution in [0, 0.1) is 0 Å². The summed E-state index contributed by atoms with van der Waals surface area (Å²) in [6.45, 7) is 0.153. The van der Waals surface area contributed by atoms with Gasteiger partial charge in [-0.3, -0.25) is 19.6 Å². The van der Waals surface area contributed by atoms with E-state index in [-0.39, 0.29) is 43.4 Å². The number of carbonyl (C=O) groups is 2. The third kappa shape index (κ3) is 4.32. The van der Waals surface area contributed by atoms with Gasteiger partial charge in [-0.05, 0) is 41.8 Å². The van der Waals surface area contributed by atoms with Crippen molar-refractivity contribution in [2.75, 3.05) is 6.54 Å². The Morgan fingerprint density at radius 2 is 1.86 bits per heavy atom. The monoisotopic (exact) mass is 415 g/mol. The minimum Gasteiger partial charge on any atom is -0.278 e. The summed E-state index contributed by atoms with van der Waals surface area (Å²) in [7, 11) is 0. The summed E-state index contributed by atoms with van der Waals surface area (Å²) < 4.78 is 26.7. The molecular weight excluding hydrogens is 396 g/mol. The maximum absolute atomic E-state index is 13.3. The van der Waals surface area contributed by atoms with Crippen molar-refractivity contribution in [3.63, 3.8) is 0 Å². The molecule has 2 fully saturated rings. The van der Waals surface area contributed by atoms with Gasteiger partial charge in [-0.25, -0.2) is 8.78 Å². The minimum atomic E-state index is -2.67. The number of halogens is 2. The third-order valence-corrected chi connectivity index (χ3v) is 6.14. The van der Waals surface area contributed by atoms with Gasteiger partial charge in [0.05, 0.1) is 10.6 Å².